The summed E-state index contributed by atoms with van der Waals surface area (Å²) in [6.07, 6.45) is 9.39. The van der Waals surface area contributed by atoms with Gasteiger partial charge in [-0.2, -0.15) is 0 Å². The van der Waals surface area contributed by atoms with Gasteiger partial charge in [-0.05, 0) is 24.3 Å². The number of rotatable bonds is 5. The topological polar surface area (TPSA) is 20.2 Å². The Morgan fingerprint density at radius 2 is 1.78 bits per heavy atom. The summed E-state index contributed by atoms with van der Waals surface area (Å²) in [5.74, 6) is 0.743. The van der Waals surface area contributed by atoms with E-state index >= 15 is 0 Å². The Labute approximate surface area is 111 Å². The highest BCUT2D eigenvalue weighted by molar-refractivity contribution is 5.17. The molecular weight excluding hydrogens is 220 g/mol. The van der Waals surface area contributed by atoms with Crippen LogP contribution in [0.1, 0.15) is 57.4 Å². The normalized spacial score (nSPS) is 20.6. The molecule has 0 aromatic heterocycles. The quantitative estimate of drug-likeness (QED) is 0.819. The highest BCUT2D eigenvalue weighted by atomic mass is 16.3. The monoisotopic (exact) mass is 246 g/mol. The van der Waals surface area contributed by atoms with Crippen LogP contribution in [0.15, 0.2) is 30.3 Å². The number of hydrogen-bond acceptors (Lipinski definition) is 1. The van der Waals surface area contributed by atoms with Gasteiger partial charge in [0.15, 0.2) is 0 Å². The van der Waals surface area contributed by atoms with Crippen LogP contribution in [0, 0.1) is 5.92 Å². The van der Waals surface area contributed by atoms with Gasteiger partial charge in [0.1, 0.15) is 0 Å². The molecule has 0 spiro atoms. The average Bonchev–Trinajstić information content (AvgIpc) is 2.41. The first-order valence-corrected chi connectivity index (χ1v) is 7.48. The van der Waals surface area contributed by atoms with Crippen LogP contribution in [-0.4, -0.2) is 10.7 Å². The summed E-state index contributed by atoms with van der Waals surface area (Å²) in [7, 11) is 0. The van der Waals surface area contributed by atoms with Gasteiger partial charge in [0.25, 0.3) is 0 Å². The van der Waals surface area contributed by atoms with Crippen molar-refractivity contribution >= 4 is 0 Å². The zero-order chi connectivity index (χ0) is 12.8. The summed E-state index contributed by atoms with van der Waals surface area (Å²) in [4.78, 5) is 0. The van der Waals surface area contributed by atoms with E-state index in [0.29, 0.717) is 0 Å². The van der Waals surface area contributed by atoms with Gasteiger partial charge < -0.3 is 5.11 Å². The summed E-state index contributed by atoms with van der Waals surface area (Å²) in [6.45, 7) is 2.12. The van der Waals surface area contributed by atoms with E-state index in [-0.39, 0.29) is 0 Å². The molecule has 1 unspecified atom stereocenters. The van der Waals surface area contributed by atoms with Gasteiger partial charge in [0, 0.05) is 6.42 Å². The SMILES string of the molecule is CCC(O)(Cc1ccccc1)CC1CCCCC1. The molecule has 1 aliphatic rings. The molecule has 18 heavy (non-hydrogen) atoms. The van der Waals surface area contributed by atoms with Crippen LogP contribution in [0.2, 0.25) is 0 Å². The molecule has 1 heteroatoms. The predicted molar refractivity (Wildman–Crippen MR) is 76.6 cm³/mol. The maximum Gasteiger partial charge on any atom is 0.0688 e. The van der Waals surface area contributed by atoms with Gasteiger partial charge in [-0.3, -0.25) is 0 Å². The van der Waals surface area contributed by atoms with E-state index < -0.39 is 5.60 Å². The second-order valence-corrected chi connectivity index (χ2v) is 5.95. The third-order valence-corrected chi connectivity index (χ3v) is 4.43. The van der Waals surface area contributed by atoms with Gasteiger partial charge in [-0.1, -0.05) is 69.4 Å². The molecule has 0 aliphatic heterocycles. The Kier molecular flexibility index (Phi) is 4.82. The van der Waals surface area contributed by atoms with Crippen molar-refractivity contribution in [3.05, 3.63) is 35.9 Å². The molecule has 0 heterocycles. The van der Waals surface area contributed by atoms with Crippen LogP contribution >= 0.6 is 0 Å². The van der Waals surface area contributed by atoms with E-state index in [4.69, 9.17) is 0 Å². The molecule has 0 bridgehead atoms. The first-order valence-electron chi connectivity index (χ1n) is 7.48. The summed E-state index contributed by atoms with van der Waals surface area (Å²) in [5, 5.41) is 10.8. The summed E-state index contributed by atoms with van der Waals surface area (Å²) >= 11 is 0. The van der Waals surface area contributed by atoms with Crippen molar-refractivity contribution in [1.82, 2.24) is 0 Å². The molecule has 0 radical (unpaired) electrons. The minimum absolute atomic E-state index is 0.497. The van der Waals surface area contributed by atoms with E-state index in [0.717, 1.165) is 25.2 Å². The molecule has 0 saturated heterocycles. The van der Waals surface area contributed by atoms with Crippen LogP contribution in [0.4, 0.5) is 0 Å². The van der Waals surface area contributed by atoms with Crippen LogP contribution < -0.4 is 0 Å². The second kappa shape index (κ2) is 6.38. The molecule has 1 fully saturated rings. The first-order chi connectivity index (χ1) is 8.72. The lowest BCUT2D eigenvalue weighted by atomic mass is 9.77. The molecule has 100 valence electrons. The van der Waals surface area contributed by atoms with Crippen molar-refractivity contribution in [2.75, 3.05) is 0 Å². The summed E-state index contributed by atoms with van der Waals surface area (Å²) < 4.78 is 0. The first kappa shape index (κ1) is 13.6. The molecule has 1 aromatic rings. The number of hydrogen-bond donors (Lipinski definition) is 1. The standard InChI is InChI=1S/C17H26O/c1-2-17(18,13-15-9-5-3-6-10-15)14-16-11-7-4-8-12-16/h3,5-6,9-10,16,18H,2,4,7-8,11-14H2,1H3. The van der Waals surface area contributed by atoms with E-state index in [1.165, 1.54) is 37.7 Å². The Morgan fingerprint density at radius 3 is 2.39 bits per heavy atom. The van der Waals surface area contributed by atoms with E-state index in [1.54, 1.807) is 0 Å². The van der Waals surface area contributed by atoms with Crippen LogP contribution in [0.25, 0.3) is 0 Å². The molecule has 2 rings (SSSR count). The molecule has 1 aromatic carbocycles. The fourth-order valence-electron chi connectivity index (χ4n) is 3.25. The van der Waals surface area contributed by atoms with Crippen molar-refractivity contribution in [3.63, 3.8) is 0 Å². The minimum Gasteiger partial charge on any atom is -0.390 e. The number of benzene rings is 1. The Balaban J connectivity index is 1.96. The Hall–Kier alpha value is -0.820. The third kappa shape index (κ3) is 3.84. The van der Waals surface area contributed by atoms with Gasteiger partial charge >= 0.3 is 0 Å². The minimum atomic E-state index is -0.497. The maximum absolute atomic E-state index is 10.8. The predicted octanol–water partition coefficient (Wildman–Crippen LogP) is 4.34. The van der Waals surface area contributed by atoms with E-state index in [9.17, 15) is 5.11 Å². The molecule has 1 N–H and O–H groups in total. The fourth-order valence-corrected chi connectivity index (χ4v) is 3.25. The molecule has 1 saturated carbocycles. The summed E-state index contributed by atoms with van der Waals surface area (Å²) in [5.41, 5.74) is 0.765. The van der Waals surface area contributed by atoms with Gasteiger partial charge in [0.2, 0.25) is 0 Å². The molecule has 0 amide bonds. The van der Waals surface area contributed by atoms with Crippen LogP contribution in [-0.2, 0) is 6.42 Å². The Morgan fingerprint density at radius 1 is 1.11 bits per heavy atom. The van der Waals surface area contributed by atoms with Crippen LogP contribution in [0.5, 0.6) is 0 Å². The van der Waals surface area contributed by atoms with Gasteiger partial charge in [-0.15, -0.1) is 0 Å². The molecule has 1 atom stereocenters. The van der Waals surface area contributed by atoms with Gasteiger partial charge in [0.05, 0.1) is 5.60 Å². The van der Waals surface area contributed by atoms with Crippen molar-refractivity contribution in [2.24, 2.45) is 5.92 Å². The molecular formula is C17H26O. The average molecular weight is 246 g/mol. The lowest BCUT2D eigenvalue weighted by Gasteiger charge is -2.33. The Bertz CT molecular complexity index is 340. The summed E-state index contributed by atoms with van der Waals surface area (Å²) in [6, 6.07) is 10.4. The number of aliphatic hydroxyl groups is 1. The third-order valence-electron chi connectivity index (χ3n) is 4.43. The molecule has 1 nitrogen and oxygen atoms in total. The smallest absolute Gasteiger partial charge is 0.0688 e. The van der Waals surface area contributed by atoms with Crippen LogP contribution in [0.3, 0.4) is 0 Å². The highest BCUT2D eigenvalue weighted by Crippen LogP contribution is 2.33. The highest BCUT2D eigenvalue weighted by Gasteiger charge is 2.29. The maximum atomic E-state index is 10.8. The zero-order valence-corrected chi connectivity index (χ0v) is 11.6. The van der Waals surface area contributed by atoms with Crippen molar-refractivity contribution in [2.45, 2.75) is 63.9 Å². The lowest BCUT2D eigenvalue weighted by Crippen LogP contribution is -2.34. The molecule has 1 aliphatic carbocycles. The largest absolute Gasteiger partial charge is 0.390 e. The van der Waals surface area contributed by atoms with E-state index in [1.807, 2.05) is 6.07 Å². The zero-order valence-electron chi connectivity index (χ0n) is 11.6. The fraction of sp³-hybridized carbons (Fsp3) is 0.647. The van der Waals surface area contributed by atoms with Gasteiger partial charge in [-0.25, -0.2) is 0 Å². The lowest BCUT2D eigenvalue weighted by molar-refractivity contribution is 0.00655. The van der Waals surface area contributed by atoms with Crippen molar-refractivity contribution in [3.8, 4) is 0 Å². The second-order valence-electron chi connectivity index (χ2n) is 5.95. The van der Waals surface area contributed by atoms with E-state index in [2.05, 4.69) is 31.2 Å². The van der Waals surface area contributed by atoms with Crippen molar-refractivity contribution in [1.29, 1.82) is 0 Å². The van der Waals surface area contributed by atoms with Crippen molar-refractivity contribution < 1.29 is 5.11 Å².